The monoisotopic (exact) mass is 748 g/mol. The van der Waals surface area contributed by atoms with E-state index in [4.69, 9.17) is 33.2 Å². The summed E-state index contributed by atoms with van der Waals surface area (Å²) in [5, 5.41) is 8.29. The third kappa shape index (κ3) is 6.70. The number of nitrogens with one attached hydrogen (secondary N) is 3. The minimum Gasteiger partial charge on any atom is -0.355 e. The predicted octanol–water partition coefficient (Wildman–Crippen LogP) is 8.75. The molecule has 1 aliphatic carbocycles. The molecule has 5 aromatic rings. The number of amides is 3. The van der Waals surface area contributed by atoms with Crippen molar-refractivity contribution in [3.8, 4) is 11.3 Å². The number of carbonyl (C=O) groups is 2. The van der Waals surface area contributed by atoms with Gasteiger partial charge in [-0.2, -0.15) is 0 Å². The Morgan fingerprint density at radius 2 is 1.81 bits per heavy atom. The molecule has 2 unspecified atom stereocenters. The lowest BCUT2D eigenvalue weighted by Gasteiger charge is -2.40. The summed E-state index contributed by atoms with van der Waals surface area (Å²) >= 11 is 12.8. The SMILES string of the molecule is CC(c1ccc(Cl)cc1)n1cnc(C2(C)C=CC=CC2)c1-c1c(C(=O)Nc2cccnc2N2CCC(N3CCCNC3=O)CC2)[nH]c2cc(Cl)ccc12. The molecule has 272 valence electrons. The molecule has 3 aliphatic rings. The minimum absolute atomic E-state index is 0.0212. The van der Waals surface area contributed by atoms with Gasteiger partial charge in [0.15, 0.2) is 5.82 Å². The van der Waals surface area contributed by atoms with Crippen LogP contribution in [0.25, 0.3) is 22.2 Å². The van der Waals surface area contributed by atoms with E-state index >= 15 is 0 Å². The van der Waals surface area contributed by atoms with Crippen LogP contribution in [0.15, 0.2) is 91.4 Å². The number of allylic oxidation sites excluding steroid dienone is 4. The fraction of sp³-hybridized carbons (Fsp3) is 0.317. The first kappa shape index (κ1) is 35.0. The lowest BCUT2D eigenvalue weighted by molar-refractivity contribution is 0.102. The maximum atomic E-state index is 14.7. The summed E-state index contributed by atoms with van der Waals surface area (Å²) in [7, 11) is 0. The largest absolute Gasteiger partial charge is 0.355 e. The Balaban J connectivity index is 1.18. The Morgan fingerprint density at radius 3 is 2.57 bits per heavy atom. The summed E-state index contributed by atoms with van der Waals surface area (Å²) in [6.45, 7) is 7.27. The molecule has 2 fully saturated rings. The van der Waals surface area contributed by atoms with Gasteiger partial charge in [-0.25, -0.2) is 14.8 Å². The molecule has 2 aromatic carbocycles. The summed E-state index contributed by atoms with van der Waals surface area (Å²) in [4.78, 5) is 44.7. The molecule has 0 saturated carbocycles. The van der Waals surface area contributed by atoms with Crippen LogP contribution in [-0.4, -0.2) is 68.6 Å². The molecule has 3 aromatic heterocycles. The summed E-state index contributed by atoms with van der Waals surface area (Å²) in [5.74, 6) is 0.403. The zero-order valence-electron chi connectivity index (χ0n) is 29.8. The number of fused-ring (bicyclic) bond motifs is 1. The van der Waals surface area contributed by atoms with Crippen LogP contribution in [0.4, 0.5) is 16.3 Å². The number of urea groups is 1. The Kier molecular flexibility index (Phi) is 9.51. The van der Waals surface area contributed by atoms with Gasteiger partial charge in [-0.1, -0.05) is 72.6 Å². The van der Waals surface area contributed by atoms with Crippen molar-refractivity contribution in [2.45, 2.75) is 57.0 Å². The van der Waals surface area contributed by atoms with E-state index in [-0.39, 0.29) is 24.0 Å². The smallest absolute Gasteiger partial charge is 0.317 e. The van der Waals surface area contributed by atoms with Crippen molar-refractivity contribution in [2.24, 2.45) is 0 Å². The van der Waals surface area contributed by atoms with Crippen LogP contribution < -0.4 is 15.5 Å². The average molecular weight is 750 g/mol. The highest BCUT2D eigenvalue weighted by atomic mass is 35.5. The number of benzene rings is 2. The fourth-order valence-electron chi connectivity index (χ4n) is 8.03. The number of hydrogen-bond donors (Lipinski definition) is 3. The third-order valence-corrected chi connectivity index (χ3v) is 11.4. The summed E-state index contributed by atoms with van der Waals surface area (Å²) < 4.78 is 2.16. The molecule has 0 spiro atoms. The van der Waals surface area contributed by atoms with Crippen LogP contribution in [0, 0.1) is 0 Å². The molecule has 2 saturated heterocycles. The molecule has 3 N–H and O–H groups in total. The first-order valence-corrected chi connectivity index (χ1v) is 19.0. The molecule has 8 rings (SSSR count). The molecule has 53 heavy (non-hydrogen) atoms. The number of pyridine rings is 1. The van der Waals surface area contributed by atoms with Crippen molar-refractivity contribution in [3.63, 3.8) is 0 Å². The van der Waals surface area contributed by atoms with E-state index in [0.717, 1.165) is 85.3 Å². The molecular weight excluding hydrogens is 707 g/mol. The molecule has 3 amide bonds. The molecule has 2 atom stereocenters. The van der Waals surface area contributed by atoms with Crippen molar-refractivity contribution in [3.05, 3.63) is 118 Å². The van der Waals surface area contributed by atoms with Crippen LogP contribution in [-0.2, 0) is 5.41 Å². The van der Waals surface area contributed by atoms with Crippen LogP contribution >= 0.6 is 23.2 Å². The number of hydrogen-bond acceptors (Lipinski definition) is 5. The number of piperidine rings is 1. The van der Waals surface area contributed by atoms with E-state index in [0.29, 0.717) is 27.2 Å². The van der Waals surface area contributed by atoms with Crippen molar-refractivity contribution in [1.29, 1.82) is 0 Å². The first-order valence-electron chi connectivity index (χ1n) is 18.2. The normalized spacial score (nSPS) is 19.8. The van der Waals surface area contributed by atoms with Crippen LogP contribution in [0.1, 0.15) is 67.3 Å². The van der Waals surface area contributed by atoms with Crippen molar-refractivity contribution in [2.75, 3.05) is 36.4 Å². The average Bonchev–Trinajstić information content (AvgIpc) is 3.78. The Morgan fingerprint density at radius 1 is 1.02 bits per heavy atom. The second-order valence-corrected chi connectivity index (χ2v) is 15.2. The molecular formula is C41H42Cl2N8O2. The first-order chi connectivity index (χ1) is 25.7. The number of aromatic nitrogens is 4. The highest BCUT2D eigenvalue weighted by Gasteiger charge is 2.36. The van der Waals surface area contributed by atoms with Gasteiger partial charge in [0.05, 0.1) is 29.4 Å². The summed E-state index contributed by atoms with van der Waals surface area (Å²) in [6, 6.07) is 17.3. The Hall–Kier alpha value is -5.06. The van der Waals surface area contributed by atoms with E-state index in [1.807, 2.05) is 65.8 Å². The van der Waals surface area contributed by atoms with Gasteiger partial charge in [0.1, 0.15) is 5.69 Å². The van der Waals surface area contributed by atoms with Crippen molar-refractivity contribution in [1.82, 2.24) is 29.7 Å². The maximum Gasteiger partial charge on any atom is 0.317 e. The number of nitrogens with zero attached hydrogens (tertiary/aromatic N) is 5. The number of anilines is 2. The van der Waals surface area contributed by atoms with Gasteiger partial charge in [0.2, 0.25) is 0 Å². The lowest BCUT2D eigenvalue weighted by atomic mass is 9.78. The zero-order chi connectivity index (χ0) is 36.7. The maximum absolute atomic E-state index is 14.7. The number of aromatic amines is 1. The van der Waals surface area contributed by atoms with E-state index in [1.54, 1.807) is 6.20 Å². The highest BCUT2D eigenvalue weighted by molar-refractivity contribution is 6.31. The van der Waals surface area contributed by atoms with E-state index in [9.17, 15) is 9.59 Å². The minimum atomic E-state index is -0.420. The van der Waals surface area contributed by atoms with Crippen LogP contribution in [0.2, 0.25) is 10.0 Å². The van der Waals surface area contributed by atoms with Gasteiger partial charge >= 0.3 is 6.03 Å². The Bertz CT molecular complexity index is 2230. The molecule has 10 nitrogen and oxygen atoms in total. The van der Waals surface area contributed by atoms with Gasteiger partial charge < -0.3 is 30.0 Å². The lowest BCUT2D eigenvalue weighted by Crippen LogP contribution is -2.54. The van der Waals surface area contributed by atoms with Crippen LogP contribution in [0.3, 0.4) is 0 Å². The summed E-state index contributed by atoms with van der Waals surface area (Å²) in [5.41, 5.74) is 4.87. The number of carbonyl (C=O) groups excluding carboxylic acids is 2. The van der Waals surface area contributed by atoms with Crippen molar-refractivity contribution >= 4 is 57.5 Å². The van der Waals surface area contributed by atoms with Crippen LogP contribution in [0.5, 0.6) is 0 Å². The topological polar surface area (TPSA) is 111 Å². The Labute approximate surface area is 318 Å². The van der Waals surface area contributed by atoms with Crippen molar-refractivity contribution < 1.29 is 9.59 Å². The number of rotatable bonds is 8. The van der Waals surface area contributed by atoms with Gasteiger partial charge in [-0.15, -0.1) is 0 Å². The number of H-pyrrole nitrogens is 1. The standard InChI is InChI=1S/C41H42Cl2N8O2/c1-26(27-9-11-28(42)12-10-27)51-25-46-37(41(2)17-4-3-5-18-41)36(51)34-31-14-13-29(43)24-33(31)47-35(34)39(52)48-32-8-6-19-44-38(32)49-22-15-30(16-23-49)50-21-7-20-45-40(50)53/h3-6,8-14,17,19,24-26,30,47H,7,15-16,18,20-23H2,1-2H3,(H,45,53)(H,48,52). The summed E-state index contributed by atoms with van der Waals surface area (Å²) in [6.07, 6.45) is 15.5. The van der Waals surface area contributed by atoms with Gasteiger partial charge in [0.25, 0.3) is 5.91 Å². The molecule has 12 heteroatoms. The molecule has 2 aliphatic heterocycles. The molecule has 0 bridgehead atoms. The highest BCUT2D eigenvalue weighted by Crippen LogP contribution is 2.44. The number of halogens is 2. The van der Waals surface area contributed by atoms with E-state index in [2.05, 4.69) is 63.2 Å². The third-order valence-electron chi connectivity index (χ3n) is 10.9. The predicted molar refractivity (Wildman–Crippen MR) is 212 cm³/mol. The van der Waals surface area contributed by atoms with Gasteiger partial charge in [-0.3, -0.25) is 4.79 Å². The second kappa shape index (κ2) is 14.4. The van der Waals surface area contributed by atoms with Gasteiger partial charge in [-0.05, 0) is 74.6 Å². The quantitative estimate of drug-likeness (QED) is 0.147. The molecule has 5 heterocycles. The zero-order valence-corrected chi connectivity index (χ0v) is 31.3. The van der Waals surface area contributed by atoms with E-state index < -0.39 is 5.41 Å². The fourth-order valence-corrected chi connectivity index (χ4v) is 8.33. The molecule has 0 radical (unpaired) electrons. The number of imidazole rings is 1. The van der Waals surface area contributed by atoms with E-state index in [1.165, 1.54) is 0 Å². The second-order valence-electron chi connectivity index (χ2n) is 14.4. The van der Waals surface area contributed by atoms with Gasteiger partial charge in [0, 0.05) is 70.3 Å².